The molecule has 1 aliphatic carbocycles. The van der Waals surface area contributed by atoms with Gasteiger partial charge in [0, 0.05) is 44.2 Å². The second kappa shape index (κ2) is 5.34. The predicted octanol–water partition coefficient (Wildman–Crippen LogP) is 1.31. The quantitative estimate of drug-likeness (QED) is 0.902. The molecule has 0 aromatic carbocycles. The fourth-order valence-electron chi connectivity index (χ4n) is 2.50. The van der Waals surface area contributed by atoms with Crippen molar-refractivity contribution in [1.29, 1.82) is 0 Å². The lowest BCUT2D eigenvalue weighted by molar-refractivity contribution is -0.123. The first kappa shape index (κ1) is 13.3. The molecular weight excluding hydrogens is 259 g/mol. The van der Waals surface area contributed by atoms with Gasteiger partial charge in [0.2, 0.25) is 5.91 Å². The zero-order chi connectivity index (χ0) is 14.0. The molecule has 2 aliphatic rings. The summed E-state index contributed by atoms with van der Waals surface area (Å²) in [6.07, 6.45) is 7.68. The first-order valence-electron chi connectivity index (χ1n) is 7.14. The topological polar surface area (TPSA) is 58.1 Å². The largest absolute Gasteiger partial charge is 0.355 e. The van der Waals surface area contributed by atoms with Crippen LogP contribution in [-0.2, 0) is 4.79 Å². The summed E-state index contributed by atoms with van der Waals surface area (Å²) in [5.74, 6) is 0.938. The van der Waals surface area contributed by atoms with Gasteiger partial charge in [0.15, 0.2) is 0 Å². The number of aromatic nitrogens is 2. The molecule has 0 spiro atoms. The third-order valence-electron chi connectivity index (χ3n) is 4.06. The fourth-order valence-corrected chi connectivity index (χ4v) is 2.50. The SMILES string of the molecule is O=C(NCC1(F)CCN(c2cnccn2)CC1)C1CC1. The summed E-state index contributed by atoms with van der Waals surface area (Å²) in [5, 5.41) is 2.75. The van der Waals surface area contributed by atoms with Gasteiger partial charge in [0.05, 0.1) is 12.7 Å². The van der Waals surface area contributed by atoms with E-state index >= 15 is 0 Å². The van der Waals surface area contributed by atoms with Crippen molar-refractivity contribution in [3.05, 3.63) is 18.6 Å². The van der Waals surface area contributed by atoms with E-state index < -0.39 is 5.67 Å². The van der Waals surface area contributed by atoms with Crippen molar-refractivity contribution in [2.45, 2.75) is 31.4 Å². The Hall–Kier alpha value is -1.72. The molecule has 2 fully saturated rings. The van der Waals surface area contributed by atoms with Crippen LogP contribution in [-0.4, -0.2) is 41.2 Å². The van der Waals surface area contributed by atoms with Gasteiger partial charge < -0.3 is 10.2 Å². The Kier molecular flexibility index (Phi) is 3.54. The molecule has 0 bridgehead atoms. The Morgan fingerprint density at radius 3 is 2.75 bits per heavy atom. The number of piperidine rings is 1. The summed E-state index contributed by atoms with van der Waals surface area (Å²) in [6.45, 7) is 1.35. The molecule has 2 heterocycles. The van der Waals surface area contributed by atoms with Crippen molar-refractivity contribution >= 4 is 11.7 Å². The highest BCUT2D eigenvalue weighted by Gasteiger charge is 2.37. The highest BCUT2D eigenvalue weighted by atomic mass is 19.1. The number of rotatable bonds is 4. The maximum atomic E-state index is 14.6. The molecule has 0 unspecified atom stereocenters. The number of amides is 1. The monoisotopic (exact) mass is 278 g/mol. The van der Waals surface area contributed by atoms with Crippen LogP contribution >= 0.6 is 0 Å². The number of alkyl halides is 1. The highest BCUT2D eigenvalue weighted by Crippen LogP contribution is 2.31. The lowest BCUT2D eigenvalue weighted by atomic mass is 9.93. The molecule has 1 aromatic heterocycles. The number of nitrogens with one attached hydrogen (secondary N) is 1. The predicted molar refractivity (Wildman–Crippen MR) is 73.1 cm³/mol. The maximum absolute atomic E-state index is 14.6. The van der Waals surface area contributed by atoms with E-state index in [0.717, 1.165) is 18.7 Å². The molecule has 20 heavy (non-hydrogen) atoms. The van der Waals surface area contributed by atoms with E-state index in [2.05, 4.69) is 15.3 Å². The Balaban J connectivity index is 1.50. The van der Waals surface area contributed by atoms with Crippen LogP contribution in [0.5, 0.6) is 0 Å². The minimum Gasteiger partial charge on any atom is -0.355 e. The molecule has 5 nitrogen and oxygen atoms in total. The normalized spacial score (nSPS) is 21.6. The number of halogens is 1. The second-order valence-corrected chi connectivity index (χ2v) is 5.69. The summed E-state index contributed by atoms with van der Waals surface area (Å²) in [7, 11) is 0. The van der Waals surface area contributed by atoms with E-state index in [4.69, 9.17) is 0 Å². The van der Waals surface area contributed by atoms with Crippen LogP contribution in [0, 0.1) is 5.92 Å². The van der Waals surface area contributed by atoms with Gasteiger partial charge >= 0.3 is 0 Å². The average Bonchev–Trinajstić information content (AvgIpc) is 3.31. The zero-order valence-corrected chi connectivity index (χ0v) is 11.4. The van der Waals surface area contributed by atoms with Gasteiger partial charge in [-0.05, 0) is 12.8 Å². The minimum absolute atomic E-state index is 0.0124. The van der Waals surface area contributed by atoms with Crippen molar-refractivity contribution in [3.8, 4) is 0 Å². The maximum Gasteiger partial charge on any atom is 0.223 e. The Morgan fingerprint density at radius 2 is 2.15 bits per heavy atom. The highest BCUT2D eigenvalue weighted by molar-refractivity contribution is 5.80. The van der Waals surface area contributed by atoms with Crippen LogP contribution in [0.2, 0.25) is 0 Å². The van der Waals surface area contributed by atoms with Crippen LogP contribution in [0.25, 0.3) is 0 Å². The average molecular weight is 278 g/mol. The number of hydrogen-bond donors (Lipinski definition) is 1. The van der Waals surface area contributed by atoms with Crippen LogP contribution in [0.15, 0.2) is 18.6 Å². The standard InChI is InChI=1S/C14H19FN4O/c15-14(10-18-13(20)11-1-2-11)3-7-19(8-4-14)12-9-16-5-6-17-12/h5-6,9,11H,1-4,7-8,10H2,(H,18,20). The van der Waals surface area contributed by atoms with Gasteiger partial charge in [-0.15, -0.1) is 0 Å². The summed E-state index contributed by atoms with van der Waals surface area (Å²) in [4.78, 5) is 21.9. The van der Waals surface area contributed by atoms with E-state index in [0.29, 0.717) is 25.9 Å². The number of anilines is 1. The molecule has 0 atom stereocenters. The second-order valence-electron chi connectivity index (χ2n) is 5.69. The Labute approximate surface area is 117 Å². The zero-order valence-electron chi connectivity index (χ0n) is 11.4. The third kappa shape index (κ3) is 3.05. The van der Waals surface area contributed by atoms with Gasteiger partial charge in [-0.25, -0.2) is 9.37 Å². The molecule has 1 aromatic rings. The molecule has 6 heteroatoms. The first-order chi connectivity index (χ1) is 9.66. The van der Waals surface area contributed by atoms with Crippen LogP contribution in [0.4, 0.5) is 10.2 Å². The number of carbonyl (C=O) groups excluding carboxylic acids is 1. The molecule has 1 saturated carbocycles. The van der Waals surface area contributed by atoms with Gasteiger partial charge in [0.1, 0.15) is 11.5 Å². The van der Waals surface area contributed by atoms with E-state index in [-0.39, 0.29) is 18.4 Å². The summed E-state index contributed by atoms with van der Waals surface area (Å²) in [6, 6.07) is 0. The van der Waals surface area contributed by atoms with E-state index in [9.17, 15) is 9.18 Å². The van der Waals surface area contributed by atoms with Crippen LogP contribution < -0.4 is 10.2 Å². The molecule has 1 aliphatic heterocycles. The number of carbonyl (C=O) groups is 1. The Bertz CT molecular complexity index is 469. The number of hydrogen-bond acceptors (Lipinski definition) is 4. The molecular formula is C14H19FN4O. The van der Waals surface area contributed by atoms with E-state index in [1.54, 1.807) is 18.6 Å². The molecule has 3 rings (SSSR count). The molecule has 1 amide bonds. The van der Waals surface area contributed by atoms with Crippen molar-refractivity contribution < 1.29 is 9.18 Å². The van der Waals surface area contributed by atoms with Gasteiger partial charge in [-0.3, -0.25) is 9.78 Å². The first-order valence-corrected chi connectivity index (χ1v) is 7.14. The smallest absolute Gasteiger partial charge is 0.223 e. The van der Waals surface area contributed by atoms with Crippen LogP contribution in [0.1, 0.15) is 25.7 Å². The lowest BCUT2D eigenvalue weighted by Gasteiger charge is -2.36. The van der Waals surface area contributed by atoms with Gasteiger partial charge in [-0.1, -0.05) is 0 Å². The van der Waals surface area contributed by atoms with Crippen molar-refractivity contribution in [2.75, 3.05) is 24.5 Å². The number of nitrogens with zero attached hydrogens (tertiary/aromatic N) is 3. The van der Waals surface area contributed by atoms with Gasteiger partial charge in [-0.2, -0.15) is 0 Å². The summed E-state index contributed by atoms with van der Waals surface area (Å²) < 4.78 is 14.6. The minimum atomic E-state index is -1.29. The lowest BCUT2D eigenvalue weighted by Crippen LogP contribution is -2.48. The molecule has 108 valence electrons. The fraction of sp³-hybridized carbons (Fsp3) is 0.643. The summed E-state index contributed by atoms with van der Waals surface area (Å²) >= 11 is 0. The van der Waals surface area contributed by atoms with Gasteiger partial charge in [0.25, 0.3) is 0 Å². The molecule has 0 radical (unpaired) electrons. The van der Waals surface area contributed by atoms with Crippen LogP contribution in [0.3, 0.4) is 0 Å². The van der Waals surface area contributed by atoms with Crippen molar-refractivity contribution in [3.63, 3.8) is 0 Å². The van der Waals surface area contributed by atoms with Crippen molar-refractivity contribution in [1.82, 2.24) is 15.3 Å². The third-order valence-corrected chi connectivity index (χ3v) is 4.06. The molecule has 1 N–H and O–H groups in total. The van der Waals surface area contributed by atoms with E-state index in [1.807, 2.05) is 4.90 Å². The van der Waals surface area contributed by atoms with Crippen molar-refractivity contribution in [2.24, 2.45) is 5.92 Å². The molecule has 1 saturated heterocycles. The Morgan fingerprint density at radius 1 is 1.40 bits per heavy atom. The summed E-state index contributed by atoms with van der Waals surface area (Å²) in [5.41, 5.74) is -1.29. The van der Waals surface area contributed by atoms with E-state index in [1.165, 1.54) is 0 Å².